The monoisotopic (exact) mass is 292 g/mol. The second-order valence-electron chi connectivity index (χ2n) is 8.86. The van der Waals surface area contributed by atoms with E-state index in [0.29, 0.717) is 0 Å². The Hall–Kier alpha value is -0.0800. The fourth-order valence-corrected chi connectivity index (χ4v) is 6.98. The summed E-state index contributed by atoms with van der Waals surface area (Å²) in [5.74, 6) is 5.86. The van der Waals surface area contributed by atoms with Crippen molar-refractivity contribution in [2.45, 2.75) is 77.6 Å². The van der Waals surface area contributed by atoms with E-state index < -0.39 is 6.29 Å². The maximum atomic E-state index is 10.4. The van der Waals surface area contributed by atoms with Crippen LogP contribution in [0.25, 0.3) is 0 Å². The SMILES string of the molecule is CCCC1(O[C@@H](O)C(C)C)CC2CC1C1C3CCC(C3)C21. The third-order valence-electron chi connectivity index (χ3n) is 7.49. The van der Waals surface area contributed by atoms with E-state index in [1.54, 1.807) is 0 Å². The Balaban J connectivity index is 1.59. The summed E-state index contributed by atoms with van der Waals surface area (Å²) in [6.45, 7) is 6.41. The maximum Gasteiger partial charge on any atom is 0.157 e. The van der Waals surface area contributed by atoms with Gasteiger partial charge in [-0.25, -0.2) is 0 Å². The molecule has 2 heteroatoms. The van der Waals surface area contributed by atoms with Gasteiger partial charge in [-0.1, -0.05) is 27.2 Å². The summed E-state index contributed by atoms with van der Waals surface area (Å²) >= 11 is 0. The van der Waals surface area contributed by atoms with Crippen LogP contribution in [0.5, 0.6) is 0 Å². The molecule has 4 saturated carbocycles. The van der Waals surface area contributed by atoms with E-state index in [4.69, 9.17) is 4.74 Å². The minimum Gasteiger partial charge on any atom is -0.368 e. The van der Waals surface area contributed by atoms with Gasteiger partial charge in [0.1, 0.15) is 0 Å². The Bertz CT molecular complexity index is 406. The van der Waals surface area contributed by atoms with Crippen LogP contribution in [0.1, 0.15) is 65.7 Å². The molecule has 0 saturated heterocycles. The van der Waals surface area contributed by atoms with Crippen molar-refractivity contribution < 1.29 is 9.84 Å². The van der Waals surface area contributed by atoms with Gasteiger partial charge in [-0.2, -0.15) is 0 Å². The minimum absolute atomic E-state index is 0.00868. The fraction of sp³-hybridized carbons (Fsp3) is 1.00. The second-order valence-corrected chi connectivity index (χ2v) is 8.86. The van der Waals surface area contributed by atoms with Crippen LogP contribution in [0.15, 0.2) is 0 Å². The largest absolute Gasteiger partial charge is 0.368 e. The van der Waals surface area contributed by atoms with Crippen molar-refractivity contribution in [1.29, 1.82) is 0 Å². The Kier molecular flexibility index (Phi) is 3.43. The number of rotatable bonds is 5. The van der Waals surface area contributed by atoms with Crippen molar-refractivity contribution in [2.75, 3.05) is 0 Å². The molecule has 8 atom stereocenters. The zero-order valence-electron chi connectivity index (χ0n) is 13.9. The average Bonchev–Trinajstić information content (AvgIpc) is 3.16. The van der Waals surface area contributed by atoms with E-state index in [-0.39, 0.29) is 11.5 Å². The number of aliphatic hydroxyl groups excluding tert-OH is 1. The van der Waals surface area contributed by atoms with Gasteiger partial charge in [0, 0.05) is 5.92 Å². The summed E-state index contributed by atoms with van der Waals surface area (Å²) in [5, 5.41) is 10.4. The zero-order valence-corrected chi connectivity index (χ0v) is 13.9. The Morgan fingerprint density at radius 1 is 1.10 bits per heavy atom. The molecule has 0 aliphatic heterocycles. The highest BCUT2D eigenvalue weighted by Gasteiger charge is 2.67. The van der Waals surface area contributed by atoms with Gasteiger partial charge in [-0.3, -0.25) is 0 Å². The third-order valence-corrected chi connectivity index (χ3v) is 7.49. The number of hydrogen-bond donors (Lipinski definition) is 1. The van der Waals surface area contributed by atoms with Crippen LogP contribution in [0.2, 0.25) is 0 Å². The first-order valence-corrected chi connectivity index (χ1v) is 9.41. The number of hydrogen-bond acceptors (Lipinski definition) is 2. The normalized spacial score (nSPS) is 51.9. The maximum absolute atomic E-state index is 10.4. The lowest BCUT2D eigenvalue weighted by Crippen LogP contribution is -2.49. The molecule has 4 rings (SSSR count). The summed E-state index contributed by atoms with van der Waals surface area (Å²) < 4.78 is 6.41. The first kappa shape index (κ1) is 14.5. The second kappa shape index (κ2) is 4.96. The molecule has 4 bridgehead atoms. The molecule has 4 fully saturated rings. The van der Waals surface area contributed by atoms with Gasteiger partial charge in [0.2, 0.25) is 0 Å². The molecule has 4 aliphatic carbocycles. The van der Waals surface area contributed by atoms with Gasteiger partial charge in [0.25, 0.3) is 0 Å². The minimum atomic E-state index is -0.576. The van der Waals surface area contributed by atoms with Crippen LogP contribution in [0.3, 0.4) is 0 Å². The van der Waals surface area contributed by atoms with E-state index in [2.05, 4.69) is 20.8 Å². The van der Waals surface area contributed by atoms with E-state index in [1.807, 2.05) is 0 Å². The van der Waals surface area contributed by atoms with Gasteiger partial charge >= 0.3 is 0 Å². The molecule has 21 heavy (non-hydrogen) atoms. The van der Waals surface area contributed by atoms with E-state index >= 15 is 0 Å². The summed E-state index contributed by atoms with van der Waals surface area (Å²) in [6.07, 6.45) is 8.88. The van der Waals surface area contributed by atoms with E-state index in [0.717, 1.165) is 41.9 Å². The van der Waals surface area contributed by atoms with Crippen LogP contribution in [-0.2, 0) is 4.74 Å². The summed E-state index contributed by atoms with van der Waals surface area (Å²) in [6, 6.07) is 0. The molecule has 2 nitrogen and oxygen atoms in total. The van der Waals surface area contributed by atoms with Crippen LogP contribution >= 0.6 is 0 Å². The topological polar surface area (TPSA) is 29.5 Å². The molecule has 1 N–H and O–H groups in total. The molecule has 0 aromatic carbocycles. The van der Waals surface area contributed by atoms with Gasteiger partial charge in [0.05, 0.1) is 5.60 Å². The summed E-state index contributed by atoms with van der Waals surface area (Å²) in [4.78, 5) is 0. The van der Waals surface area contributed by atoms with E-state index in [9.17, 15) is 5.11 Å². The molecule has 120 valence electrons. The predicted octanol–water partition coefficient (Wildman–Crippen LogP) is 4.22. The first-order chi connectivity index (χ1) is 10.1. The number of aliphatic hydroxyl groups is 1. The van der Waals surface area contributed by atoms with Crippen molar-refractivity contribution in [2.24, 2.45) is 41.4 Å². The fourth-order valence-electron chi connectivity index (χ4n) is 6.98. The molecule has 0 radical (unpaired) electrons. The Morgan fingerprint density at radius 2 is 1.81 bits per heavy atom. The van der Waals surface area contributed by atoms with Crippen molar-refractivity contribution in [3.63, 3.8) is 0 Å². The molecule has 0 spiro atoms. The molecular weight excluding hydrogens is 260 g/mol. The average molecular weight is 292 g/mol. The van der Waals surface area contributed by atoms with Crippen molar-refractivity contribution in [3.05, 3.63) is 0 Å². The van der Waals surface area contributed by atoms with Gasteiger partial charge in [0.15, 0.2) is 6.29 Å². The van der Waals surface area contributed by atoms with Crippen LogP contribution in [0.4, 0.5) is 0 Å². The number of fused-ring (bicyclic) bond motifs is 9. The Labute approximate surface area is 129 Å². The predicted molar refractivity (Wildman–Crippen MR) is 83.6 cm³/mol. The standard InChI is InChI=1S/C19H32O2/c1-4-7-19(21-18(20)11(2)3)10-14-9-15(19)17-13-6-5-12(8-13)16(14)17/h11-18,20H,4-10H2,1-3H3/t12?,13?,14?,15?,16?,17?,18-,19?/m1/s1. The smallest absolute Gasteiger partial charge is 0.157 e. The van der Waals surface area contributed by atoms with Gasteiger partial charge in [-0.05, 0) is 74.0 Å². The molecule has 0 aromatic heterocycles. The summed E-state index contributed by atoms with van der Waals surface area (Å²) in [5.41, 5.74) is 0.00868. The van der Waals surface area contributed by atoms with Gasteiger partial charge < -0.3 is 9.84 Å². The van der Waals surface area contributed by atoms with Crippen LogP contribution < -0.4 is 0 Å². The highest BCUT2D eigenvalue weighted by molar-refractivity contribution is 5.16. The lowest BCUT2D eigenvalue weighted by Gasteiger charge is -2.47. The summed E-state index contributed by atoms with van der Waals surface area (Å²) in [7, 11) is 0. The quantitative estimate of drug-likeness (QED) is 0.607. The highest BCUT2D eigenvalue weighted by Crippen LogP contribution is 2.71. The highest BCUT2D eigenvalue weighted by atomic mass is 16.6. The lowest BCUT2D eigenvalue weighted by molar-refractivity contribution is -0.234. The lowest BCUT2D eigenvalue weighted by atomic mass is 9.64. The van der Waals surface area contributed by atoms with Crippen molar-refractivity contribution >= 4 is 0 Å². The molecule has 7 unspecified atom stereocenters. The van der Waals surface area contributed by atoms with Crippen LogP contribution in [0, 0.1) is 41.4 Å². The Morgan fingerprint density at radius 3 is 2.48 bits per heavy atom. The molecule has 0 heterocycles. The number of ether oxygens (including phenoxy) is 1. The van der Waals surface area contributed by atoms with Crippen molar-refractivity contribution in [3.8, 4) is 0 Å². The van der Waals surface area contributed by atoms with E-state index in [1.165, 1.54) is 38.5 Å². The first-order valence-electron chi connectivity index (χ1n) is 9.41. The molecule has 0 amide bonds. The van der Waals surface area contributed by atoms with Crippen LogP contribution in [-0.4, -0.2) is 17.0 Å². The molecule has 4 aliphatic rings. The van der Waals surface area contributed by atoms with Gasteiger partial charge in [-0.15, -0.1) is 0 Å². The van der Waals surface area contributed by atoms with Crippen molar-refractivity contribution in [1.82, 2.24) is 0 Å². The zero-order chi connectivity index (χ0) is 14.8. The third kappa shape index (κ3) is 1.97. The molecule has 0 aromatic rings. The molecular formula is C19H32O2.